The lowest BCUT2D eigenvalue weighted by molar-refractivity contribution is -0.133. The van der Waals surface area contributed by atoms with Gasteiger partial charge >= 0.3 is 0 Å². The van der Waals surface area contributed by atoms with Crippen molar-refractivity contribution in [2.75, 3.05) is 19.6 Å². The Morgan fingerprint density at radius 2 is 2.20 bits per heavy atom. The number of carbonyl (C=O) groups is 2. The van der Waals surface area contributed by atoms with Crippen LogP contribution in [0, 0.1) is 11.8 Å². The van der Waals surface area contributed by atoms with Crippen molar-refractivity contribution < 1.29 is 9.59 Å². The highest BCUT2D eigenvalue weighted by atomic mass is 32.1. The molecule has 1 saturated heterocycles. The van der Waals surface area contributed by atoms with Crippen LogP contribution in [0.15, 0.2) is 17.5 Å². The molecule has 0 aromatic carbocycles. The van der Waals surface area contributed by atoms with Gasteiger partial charge in [0.15, 0.2) is 0 Å². The molecule has 134 valence electrons. The van der Waals surface area contributed by atoms with Crippen LogP contribution in [0.3, 0.4) is 0 Å². The third kappa shape index (κ3) is 3.32. The van der Waals surface area contributed by atoms with Gasteiger partial charge < -0.3 is 14.8 Å². The lowest BCUT2D eigenvalue weighted by Crippen LogP contribution is -2.48. The van der Waals surface area contributed by atoms with Crippen LogP contribution in [0.4, 0.5) is 0 Å². The van der Waals surface area contributed by atoms with Gasteiger partial charge in [-0.05, 0) is 42.2 Å². The van der Waals surface area contributed by atoms with E-state index in [2.05, 4.69) is 23.7 Å². The SMILES string of the molecule is CC(C)C1CN(C(=O)c2cc3sccc3[nH]2)CCC(=O)N1CC1CC1. The van der Waals surface area contributed by atoms with Gasteiger partial charge in [-0.15, -0.1) is 11.3 Å². The van der Waals surface area contributed by atoms with E-state index in [-0.39, 0.29) is 17.9 Å². The van der Waals surface area contributed by atoms with E-state index in [0.717, 1.165) is 16.8 Å². The number of nitrogens with zero attached hydrogens (tertiary/aromatic N) is 2. The van der Waals surface area contributed by atoms with Crippen LogP contribution in [0.5, 0.6) is 0 Å². The minimum Gasteiger partial charge on any atom is -0.350 e. The summed E-state index contributed by atoms with van der Waals surface area (Å²) in [7, 11) is 0. The van der Waals surface area contributed by atoms with Gasteiger partial charge in [0.2, 0.25) is 5.91 Å². The Balaban J connectivity index is 1.56. The summed E-state index contributed by atoms with van der Waals surface area (Å²) in [6, 6.07) is 4.04. The number of carbonyl (C=O) groups excluding carboxylic acids is 2. The van der Waals surface area contributed by atoms with E-state index in [4.69, 9.17) is 0 Å². The molecular formula is C19H25N3O2S. The Kier molecular flexibility index (Phi) is 4.31. The predicted molar refractivity (Wildman–Crippen MR) is 99.8 cm³/mol. The molecular weight excluding hydrogens is 334 g/mol. The number of nitrogens with one attached hydrogen (secondary N) is 1. The first kappa shape index (κ1) is 16.6. The molecule has 1 aliphatic heterocycles. The molecule has 0 radical (unpaired) electrons. The Morgan fingerprint density at radius 1 is 1.40 bits per heavy atom. The van der Waals surface area contributed by atoms with Crippen LogP contribution in [-0.4, -0.2) is 52.3 Å². The molecule has 0 spiro atoms. The minimum absolute atomic E-state index is 0.00937. The highest BCUT2D eigenvalue weighted by Crippen LogP contribution is 2.32. The number of aromatic nitrogens is 1. The number of amides is 2. The second kappa shape index (κ2) is 6.48. The first-order chi connectivity index (χ1) is 12.0. The van der Waals surface area contributed by atoms with E-state index in [1.807, 2.05) is 22.4 Å². The summed E-state index contributed by atoms with van der Waals surface area (Å²) in [4.78, 5) is 32.8. The monoisotopic (exact) mass is 359 g/mol. The molecule has 25 heavy (non-hydrogen) atoms. The summed E-state index contributed by atoms with van der Waals surface area (Å²) in [6.07, 6.45) is 2.89. The van der Waals surface area contributed by atoms with Gasteiger partial charge in [0, 0.05) is 26.1 Å². The van der Waals surface area contributed by atoms with E-state index in [1.165, 1.54) is 12.8 Å². The Hall–Kier alpha value is -1.82. The molecule has 3 heterocycles. The fourth-order valence-electron chi connectivity index (χ4n) is 3.68. The lowest BCUT2D eigenvalue weighted by Gasteiger charge is -2.34. The number of hydrogen-bond acceptors (Lipinski definition) is 3. The Bertz CT molecular complexity index is 761. The Labute approximate surface area is 152 Å². The van der Waals surface area contributed by atoms with Gasteiger partial charge in [-0.1, -0.05) is 13.8 Å². The van der Waals surface area contributed by atoms with Crippen LogP contribution in [-0.2, 0) is 4.79 Å². The van der Waals surface area contributed by atoms with Gasteiger partial charge in [0.25, 0.3) is 5.91 Å². The first-order valence-corrected chi connectivity index (χ1v) is 10.1. The third-order valence-corrected chi connectivity index (χ3v) is 6.27. The number of aromatic amines is 1. The smallest absolute Gasteiger partial charge is 0.270 e. The molecule has 2 fully saturated rings. The second-order valence-corrected chi connectivity index (χ2v) is 8.63. The molecule has 1 unspecified atom stereocenters. The maximum absolute atomic E-state index is 13.0. The van der Waals surface area contributed by atoms with Crippen LogP contribution < -0.4 is 0 Å². The van der Waals surface area contributed by atoms with Crippen LogP contribution in [0.25, 0.3) is 10.2 Å². The number of H-pyrrole nitrogens is 1. The summed E-state index contributed by atoms with van der Waals surface area (Å²) in [5.74, 6) is 1.22. The summed E-state index contributed by atoms with van der Waals surface area (Å²) in [5.41, 5.74) is 1.64. The van der Waals surface area contributed by atoms with Crippen molar-refractivity contribution in [1.82, 2.24) is 14.8 Å². The quantitative estimate of drug-likeness (QED) is 0.910. The van der Waals surface area contributed by atoms with E-state index in [1.54, 1.807) is 11.3 Å². The van der Waals surface area contributed by atoms with Crippen molar-refractivity contribution in [3.05, 3.63) is 23.2 Å². The predicted octanol–water partition coefficient (Wildman–Crippen LogP) is 3.34. The highest BCUT2D eigenvalue weighted by molar-refractivity contribution is 7.17. The number of thiophene rings is 1. The van der Waals surface area contributed by atoms with E-state index in [0.29, 0.717) is 37.0 Å². The molecule has 2 amide bonds. The molecule has 2 aromatic heterocycles. The molecule has 6 heteroatoms. The molecule has 1 saturated carbocycles. The molecule has 2 aliphatic rings. The van der Waals surface area contributed by atoms with Gasteiger partial charge in [0.1, 0.15) is 5.69 Å². The van der Waals surface area contributed by atoms with Crippen LogP contribution in [0.1, 0.15) is 43.6 Å². The molecule has 1 N–H and O–H groups in total. The standard InChI is InChI=1S/C19H25N3O2S/c1-12(2)16-11-21(7-5-18(23)22(16)10-13-3-4-13)19(24)15-9-17-14(20-15)6-8-25-17/h6,8-9,12-13,16,20H,3-5,7,10-11H2,1-2H3. The minimum atomic E-state index is 0.00937. The largest absolute Gasteiger partial charge is 0.350 e. The zero-order valence-corrected chi connectivity index (χ0v) is 15.6. The number of rotatable bonds is 4. The van der Waals surface area contributed by atoms with Gasteiger partial charge in [-0.25, -0.2) is 0 Å². The Morgan fingerprint density at radius 3 is 2.88 bits per heavy atom. The van der Waals surface area contributed by atoms with Crippen molar-refractivity contribution in [2.24, 2.45) is 11.8 Å². The normalized spacial score (nSPS) is 22.0. The van der Waals surface area contributed by atoms with Crippen molar-refractivity contribution >= 4 is 33.4 Å². The molecule has 1 aliphatic carbocycles. The third-order valence-electron chi connectivity index (χ3n) is 5.40. The topological polar surface area (TPSA) is 56.4 Å². The van der Waals surface area contributed by atoms with Crippen LogP contribution in [0.2, 0.25) is 0 Å². The van der Waals surface area contributed by atoms with Crippen molar-refractivity contribution in [2.45, 2.75) is 39.2 Å². The lowest BCUT2D eigenvalue weighted by atomic mass is 10.0. The molecule has 0 bridgehead atoms. The average Bonchev–Trinajstić information content (AvgIpc) is 3.18. The average molecular weight is 359 g/mol. The van der Waals surface area contributed by atoms with E-state index in [9.17, 15) is 9.59 Å². The summed E-state index contributed by atoms with van der Waals surface area (Å²) in [5, 5.41) is 2.02. The van der Waals surface area contributed by atoms with Crippen LogP contribution >= 0.6 is 11.3 Å². The number of hydrogen-bond donors (Lipinski definition) is 1. The van der Waals surface area contributed by atoms with Crippen molar-refractivity contribution in [3.63, 3.8) is 0 Å². The van der Waals surface area contributed by atoms with Gasteiger partial charge in [0.05, 0.1) is 16.3 Å². The fraction of sp³-hybridized carbons (Fsp3) is 0.579. The van der Waals surface area contributed by atoms with Crippen molar-refractivity contribution in [1.29, 1.82) is 0 Å². The summed E-state index contributed by atoms with van der Waals surface area (Å²) in [6.45, 7) is 6.30. The zero-order valence-electron chi connectivity index (χ0n) is 14.8. The maximum atomic E-state index is 13.0. The molecule has 2 aromatic rings. The molecule has 1 atom stereocenters. The number of fused-ring (bicyclic) bond motifs is 1. The second-order valence-electron chi connectivity index (χ2n) is 7.68. The summed E-state index contributed by atoms with van der Waals surface area (Å²) >= 11 is 1.63. The zero-order chi connectivity index (χ0) is 17.6. The highest BCUT2D eigenvalue weighted by Gasteiger charge is 2.37. The fourth-order valence-corrected chi connectivity index (χ4v) is 4.46. The molecule has 5 nitrogen and oxygen atoms in total. The van der Waals surface area contributed by atoms with Gasteiger partial charge in [-0.3, -0.25) is 9.59 Å². The maximum Gasteiger partial charge on any atom is 0.270 e. The summed E-state index contributed by atoms with van der Waals surface area (Å²) < 4.78 is 1.10. The van der Waals surface area contributed by atoms with E-state index >= 15 is 0 Å². The van der Waals surface area contributed by atoms with Gasteiger partial charge in [-0.2, -0.15) is 0 Å². The molecule has 4 rings (SSSR count). The first-order valence-electron chi connectivity index (χ1n) is 9.18. The van der Waals surface area contributed by atoms with E-state index < -0.39 is 0 Å². The van der Waals surface area contributed by atoms with Crippen molar-refractivity contribution in [3.8, 4) is 0 Å².